The summed E-state index contributed by atoms with van der Waals surface area (Å²) in [6, 6.07) is 0. The Kier molecular flexibility index (Phi) is 8.68. The van der Waals surface area contributed by atoms with E-state index in [0.29, 0.717) is 32.0 Å². The maximum absolute atomic E-state index is 11.8. The first-order chi connectivity index (χ1) is 12.2. The van der Waals surface area contributed by atoms with Crippen LogP contribution in [0.4, 0.5) is 4.79 Å². The molecule has 0 saturated carbocycles. The van der Waals surface area contributed by atoms with Crippen molar-refractivity contribution >= 4 is 6.16 Å². The summed E-state index contributed by atoms with van der Waals surface area (Å²) in [5.74, 6) is 2.88. The van der Waals surface area contributed by atoms with Crippen LogP contribution in [0.15, 0.2) is 36.5 Å². The van der Waals surface area contributed by atoms with Gasteiger partial charge in [0.25, 0.3) is 0 Å². The maximum Gasteiger partial charge on any atom is 0.509 e. The summed E-state index contributed by atoms with van der Waals surface area (Å²) in [5, 5.41) is 0. The fraction of sp³-hybridized carbons (Fsp3) is 0.591. The van der Waals surface area contributed by atoms with Crippen LogP contribution >= 0.6 is 0 Å². The summed E-state index contributed by atoms with van der Waals surface area (Å²) in [4.78, 5) is 11.8. The van der Waals surface area contributed by atoms with Crippen molar-refractivity contribution in [1.29, 1.82) is 0 Å². The minimum absolute atomic E-state index is 0.239. The second-order valence-electron chi connectivity index (χ2n) is 7.29. The lowest BCUT2D eigenvalue weighted by molar-refractivity contribution is 0.00815. The number of carbonyl (C=O) groups excluding carboxylic acids is 1. The zero-order valence-corrected chi connectivity index (χ0v) is 16.5. The number of hydrogen-bond acceptors (Lipinski definition) is 4. The van der Waals surface area contributed by atoms with Crippen molar-refractivity contribution < 1.29 is 19.0 Å². The lowest BCUT2D eigenvalue weighted by Gasteiger charge is -2.33. The number of cyclic esters (lactones) is 2. The third-order valence-corrected chi connectivity index (χ3v) is 4.95. The predicted molar refractivity (Wildman–Crippen MR) is 105 cm³/mol. The van der Waals surface area contributed by atoms with Crippen LogP contribution in [0, 0.1) is 24.2 Å². The van der Waals surface area contributed by atoms with Gasteiger partial charge in [0.05, 0.1) is 19.1 Å². The monoisotopic (exact) mass is 360 g/mol. The highest BCUT2D eigenvalue weighted by molar-refractivity contribution is 5.63. The topological polar surface area (TPSA) is 44.8 Å². The van der Waals surface area contributed by atoms with E-state index < -0.39 is 17.9 Å². The molecule has 1 rings (SSSR count). The highest BCUT2D eigenvalue weighted by Gasteiger charge is 2.52. The van der Waals surface area contributed by atoms with Crippen LogP contribution in [0.1, 0.15) is 47.0 Å². The van der Waals surface area contributed by atoms with Gasteiger partial charge in [0, 0.05) is 6.42 Å². The van der Waals surface area contributed by atoms with Gasteiger partial charge in [-0.15, -0.1) is 13.0 Å². The van der Waals surface area contributed by atoms with Crippen LogP contribution in [-0.2, 0) is 14.2 Å². The fourth-order valence-electron chi connectivity index (χ4n) is 2.88. The Labute approximate surface area is 158 Å². The zero-order valence-electron chi connectivity index (χ0n) is 16.5. The van der Waals surface area contributed by atoms with Crippen molar-refractivity contribution in [2.24, 2.45) is 11.8 Å². The van der Waals surface area contributed by atoms with Gasteiger partial charge in [-0.05, 0) is 32.6 Å². The highest BCUT2D eigenvalue weighted by atomic mass is 16.8. The molecule has 0 aromatic heterocycles. The Morgan fingerprint density at radius 2 is 2.15 bits per heavy atom. The molecule has 0 radical (unpaired) electrons. The van der Waals surface area contributed by atoms with Crippen LogP contribution in [0.3, 0.4) is 0 Å². The lowest BCUT2D eigenvalue weighted by Crippen LogP contribution is -2.44. The molecule has 0 bridgehead atoms. The van der Waals surface area contributed by atoms with E-state index >= 15 is 0 Å². The Morgan fingerprint density at radius 3 is 2.73 bits per heavy atom. The molecule has 0 unspecified atom stereocenters. The largest absolute Gasteiger partial charge is 0.509 e. The van der Waals surface area contributed by atoms with Crippen molar-refractivity contribution in [3.63, 3.8) is 0 Å². The molecule has 4 heteroatoms. The first-order valence-electron chi connectivity index (χ1n) is 9.12. The van der Waals surface area contributed by atoms with Crippen molar-refractivity contribution in [1.82, 2.24) is 0 Å². The number of rotatable bonds is 11. The summed E-state index contributed by atoms with van der Waals surface area (Å²) in [5.41, 5.74) is 1.36. The molecule has 26 heavy (non-hydrogen) atoms. The molecule has 0 spiro atoms. The van der Waals surface area contributed by atoms with Crippen LogP contribution in [0.5, 0.6) is 0 Å². The number of ether oxygens (including phenoxy) is 3. The van der Waals surface area contributed by atoms with E-state index in [2.05, 4.69) is 32.9 Å². The summed E-state index contributed by atoms with van der Waals surface area (Å²) in [7, 11) is 0. The van der Waals surface area contributed by atoms with Crippen LogP contribution in [-0.4, -0.2) is 31.1 Å². The third-order valence-electron chi connectivity index (χ3n) is 4.95. The normalized spacial score (nSPS) is 23.9. The van der Waals surface area contributed by atoms with E-state index in [-0.39, 0.29) is 5.92 Å². The molecule has 0 amide bonds. The van der Waals surface area contributed by atoms with E-state index in [4.69, 9.17) is 20.6 Å². The summed E-state index contributed by atoms with van der Waals surface area (Å²) >= 11 is 0. The molecule has 1 aliphatic rings. The van der Waals surface area contributed by atoms with Crippen molar-refractivity contribution in [2.75, 3.05) is 13.2 Å². The van der Waals surface area contributed by atoms with Gasteiger partial charge in [0.1, 0.15) is 6.10 Å². The molecule has 144 valence electrons. The number of terminal acetylenes is 1. The zero-order chi connectivity index (χ0) is 19.7. The Hall–Kier alpha value is -1.99. The number of hydrogen-bond donors (Lipinski definition) is 0. The van der Waals surface area contributed by atoms with Gasteiger partial charge in [0.2, 0.25) is 0 Å². The van der Waals surface area contributed by atoms with Crippen LogP contribution < -0.4 is 0 Å². The Bertz CT molecular complexity index is 581. The van der Waals surface area contributed by atoms with Gasteiger partial charge in [-0.3, -0.25) is 0 Å². The second-order valence-corrected chi connectivity index (χ2v) is 7.29. The van der Waals surface area contributed by atoms with Crippen LogP contribution in [0.2, 0.25) is 0 Å². The average molecular weight is 360 g/mol. The molecule has 0 aromatic carbocycles. The molecular weight excluding hydrogens is 328 g/mol. The lowest BCUT2D eigenvalue weighted by atomic mass is 9.78. The Morgan fingerprint density at radius 1 is 1.46 bits per heavy atom. The van der Waals surface area contributed by atoms with Crippen molar-refractivity contribution in [3.8, 4) is 12.3 Å². The first kappa shape index (κ1) is 22.1. The molecule has 1 saturated heterocycles. The van der Waals surface area contributed by atoms with Gasteiger partial charge in [-0.25, -0.2) is 4.79 Å². The van der Waals surface area contributed by atoms with Gasteiger partial charge < -0.3 is 14.2 Å². The number of allylic oxidation sites excluding steroid dienone is 1. The highest BCUT2D eigenvalue weighted by Crippen LogP contribution is 2.40. The molecule has 1 fully saturated rings. The van der Waals surface area contributed by atoms with Gasteiger partial charge >= 0.3 is 6.16 Å². The molecule has 0 N–H and O–H groups in total. The maximum atomic E-state index is 11.8. The number of carbonyl (C=O) groups is 1. The SMILES string of the molecule is C#C[C@@H](CC/C(C)=C/COCC=C)[C@]1(C)OC(=O)O[C@H]1CC(=C)C(C)C. The average Bonchev–Trinajstić information content (AvgIpc) is 2.86. The standard InChI is InChI=1S/C22H32O4/c1-8-13-24-14-12-17(5)10-11-19(9-2)22(7)20(25-21(23)26-22)15-18(6)16(3)4/h2,8,12,16,19-20H,1,6,10-11,13-15H2,3-5,7H3/b17-12+/t19-,20-,22-/m0/s1. The van der Waals surface area contributed by atoms with Gasteiger partial charge in [0.15, 0.2) is 5.60 Å². The van der Waals surface area contributed by atoms with E-state index in [1.165, 1.54) is 5.57 Å². The van der Waals surface area contributed by atoms with E-state index in [9.17, 15) is 4.79 Å². The molecule has 1 heterocycles. The van der Waals surface area contributed by atoms with Crippen LogP contribution in [0.25, 0.3) is 0 Å². The minimum atomic E-state index is -0.844. The summed E-state index contributed by atoms with van der Waals surface area (Å²) < 4.78 is 16.3. The Balaban J connectivity index is 2.75. The molecule has 0 aromatic rings. The van der Waals surface area contributed by atoms with E-state index in [1.807, 2.05) is 19.9 Å². The predicted octanol–water partition coefficient (Wildman–Crippen LogP) is 5.06. The van der Waals surface area contributed by atoms with Crippen molar-refractivity contribution in [3.05, 3.63) is 36.5 Å². The van der Waals surface area contributed by atoms with E-state index in [1.54, 1.807) is 6.08 Å². The molecular formula is C22H32O4. The quantitative estimate of drug-likeness (QED) is 0.224. The second kappa shape index (κ2) is 10.2. The van der Waals surface area contributed by atoms with Gasteiger partial charge in [-0.1, -0.05) is 49.6 Å². The molecule has 1 aliphatic heterocycles. The molecule has 3 atom stereocenters. The van der Waals surface area contributed by atoms with E-state index in [0.717, 1.165) is 12.0 Å². The minimum Gasteiger partial charge on any atom is -0.426 e. The first-order valence-corrected chi connectivity index (χ1v) is 9.12. The summed E-state index contributed by atoms with van der Waals surface area (Å²) in [6.45, 7) is 16.8. The van der Waals surface area contributed by atoms with Gasteiger partial charge in [-0.2, -0.15) is 0 Å². The smallest absolute Gasteiger partial charge is 0.426 e. The summed E-state index contributed by atoms with van der Waals surface area (Å²) in [6.07, 6.45) is 10.5. The fourth-order valence-corrected chi connectivity index (χ4v) is 2.88. The van der Waals surface area contributed by atoms with Crippen molar-refractivity contribution in [2.45, 2.75) is 58.7 Å². The molecule has 0 aliphatic carbocycles. The third kappa shape index (κ3) is 6.07. The molecule has 4 nitrogen and oxygen atoms in total.